The predicted octanol–water partition coefficient (Wildman–Crippen LogP) is 4.01. The largest absolute Gasteiger partial charge is 0.322 e. The Morgan fingerprint density at radius 2 is 1.84 bits per heavy atom. The molecule has 6 heteroatoms. The van der Waals surface area contributed by atoms with Gasteiger partial charge in [-0.2, -0.15) is 0 Å². The van der Waals surface area contributed by atoms with Gasteiger partial charge in [0.05, 0.1) is 5.52 Å². The first-order valence-electron chi connectivity index (χ1n) is 7.91. The second-order valence-electron chi connectivity index (χ2n) is 5.72. The summed E-state index contributed by atoms with van der Waals surface area (Å²) in [6, 6.07) is 9.77. The quantitative estimate of drug-likeness (QED) is 0.752. The fourth-order valence-electron chi connectivity index (χ4n) is 2.79. The summed E-state index contributed by atoms with van der Waals surface area (Å²) < 4.78 is 27.4. The predicted molar refractivity (Wildman–Crippen MR) is 92.9 cm³/mol. The van der Waals surface area contributed by atoms with Gasteiger partial charge >= 0.3 is 0 Å². The Balaban J connectivity index is 1.97. The van der Waals surface area contributed by atoms with E-state index in [4.69, 9.17) is 0 Å². The van der Waals surface area contributed by atoms with Crippen LogP contribution in [0.25, 0.3) is 10.9 Å². The van der Waals surface area contributed by atoms with Crippen molar-refractivity contribution in [2.45, 2.75) is 19.8 Å². The lowest BCUT2D eigenvalue weighted by Gasteiger charge is -2.10. The Morgan fingerprint density at radius 1 is 1.12 bits per heavy atom. The van der Waals surface area contributed by atoms with E-state index < -0.39 is 23.1 Å². The van der Waals surface area contributed by atoms with E-state index in [0.717, 1.165) is 35.9 Å². The summed E-state index contributed by atoms with van der Waals surface area (Å²) >= 11 is 0. The van der Waals surface area contributed by atoms with Crippen molar-refractivity contribution in [3.05, 3.63) is 75.6 Å². The number of hydrogen-bond donors (Lipinski definition) is 2. The third-order valence-electron chi connectivity index (χ3n) is 3.90. The minimum absolute atomic E-state index is 0.237. The Labute approximate surface area is 142 Å². The highest BCUT2D eigenvalue weighted by atomic mass is 19.1. The minimum atomic E-state index is -0.933. The smallest absolute Gasteiger partial charge is 0.261 e. The third kappa shape index (κ3) is 3.42. The molecule has 0 aliphatic carbocycles. The second kappa shape index (κ2) is 6.84. The standard InChI is InChI=1S/C19H16F2N2O2/c1-2-4-11-9-17(24)23-16-10-12(7-8-13(11)16)22-19(25)18-14(20)5-3-6-15(18)21/h3,5-10H,2,4H2,1H3,(H,22,25)(H,23,24). The zero-order valence-corrected chi connectivity index (χ0v) is 13.5. The average molecular weight is 342 g/mol. The molecule has 0 saturated heterocycles. The van der Waals surface area contributed by atoms with Gasteiger partial charge in [-0.3, -0.25) is 9.59 Å². The van der Waals surface area contributed by atoms with E-state index in [9.17, 15) is 18.4 Å². The molecule has 0 bridgehead atoms. The molecule has 1 amide bonds. The van der Waals surface area contributed by atoms with Gasteiger partial charge in [0.15, 0.2) is 0 Å². The summed E-state index contributed by atoms with van der Waals surface area (Å²) in [4.78, 5) is 26.7. The number of anilines is 1. The molecule has 0 radical (unpaired) electrons. The van der Waals surface area contributed by atoms with Gasteiger partial charge in [-0.05, 0) is 36.2 Å². The molecular formula is C19H16F2N2O2. The molecule has 2 N–H and O–H groups in total. The van der Waals surface area contributed by atoms with E-state index >= 15 is 0 Å². The maximum absolute atomic E-state index is 13.7. The first kappa shape index (κ1) is 16.8. The lowest BCUT2D eigenvalue weighted by atomic mass is 10.0. The second-order valence-corrected chi connectivity index (χ2v) is 5.72. The van der Waals surface area contributed by atoms with E-state index in [2.05, 4.69) is 10.3 Å². The molecule has 3 rings (SSSR count). The number of carbonyl (C=O) groups is 1. The number of fused-ring (bicyclic) bond motifs is 1. The molecule has 0 fully saturated rings. The highest BCUT2D eigenvalue weighted by molar-refractivity contribution is 6.05. The lowest BCUT2D eigenvalue weighted by Crippen LogP contribution is -2.16. The third-order valence-corrected chi connectivity index (χ3v) is 3.90. The number of pyridine rings is 1. The SMILES string of the molecule is CCCc1cc(=O)[nH]c2cc(NC(=O)c3c(F)cccc3F)ccc12. The molecule has 0 aliphatic heterocycles. The summed E-state index contributed by atoms with van der Waals surface area (Å²) in [5.74, 6) is -2.75. The Hall–Kier alpha value is -3.02. The van der Waals surface area contributed by atoms with Crippen molar-refractivity contribution in [2.75, 3.05) is 5.32 Å². The molecule has 0 spiro atoms. The van der Waals surface area contributed by atoms with E-state index in [-0.39, 0.29) is 5.56 Å². The molecule has 4 nitrogen and oxygen atoms in total. The number of rotatable bonds is 4. The van der Waals surface area contributed by atoms with Crippen molar-refractivity contribution in [2.24, 2.45) is 0 Å². The van der Waals surface area contributed by atoms with Crippen molar-refractivity contribution in [1.29, 1.82) is 0 Å². The average Bonchev–Trinajstić information content (AvgIpc) is 2.54. The van der Waals surface area contributed by atoms with E-state index in [1.54, 1.807) is 24.3 Å². The lowest BCUT2D eigenvalue weighted by molar-refractivity contribution is 0.101. The molecular weight excluding hydrogens is 326 g/mol. The number of aromatic amines is 1. The highest BCUT2D eigenvalue weighted by Crippen LogP contribution is 2.22. The van der Waals surface area contributed by atoms with Gasteiger partial charge in [-0.25, -0.2) is 8.78 Å². The Morgan fingerprint density at radius 3 is 2.52 bits per heavy atom. The number of nitrogens with one attached hydrogen (secondary N) is 2. The van der Waals surface area contributed by atoms with Crippen LogP contribution in [0.5, 0.6) is 0 Å². The summed E-state index contributed by atoms with van der Waals surface area (Å²) in [7, 11) is 0. The van der Waals surface area contributed by atoms with Crippen molar-refractivity contribution in [1.82, 2.24) is 4.98 Å². The normalized spacial score (nSPS) is 10.8. The first-order chi connectivity index (χ1) is 12.0. The zero-order valence-electron chi connectivity index (χ0n) is 13.5. The van der Waals surface area contributed by atoms with Crippen molar-refractivity contribution in [3.63, 3.8) is 0 Å². The monoisotopic (exact) mass is 342 g/mol. The van der Waals surface area contributed by atoms with E-state index in [1.807, 2.05) is 6.92 Å². The maximum Gasteiger partial charge on any atom is 0.261 e. The first-order valence-corrected chi connectivity index (χ1v) is 7.91. The van der Waals surface area contributed by atoms with Crippen LogP contribution in [0.1, 0.15) is 29.3 Å². The van der Waals surface area contributed by atoms with Crippen LogP contribution in [0.2, 0.25) is 0 Å². The number of aromatic nitrogens is 1. The van der Waals surface area contributed by atoms with Crippen LogP contribution in [0, 0.1) is 11.6 Å². The molecule has 0 atom stereocenters. The number of H-pyrrole nitrogens is 1. The number of carbonyl (C=O) groups excluding carboxylic acids is 1. The highest BCUT2D eigenvalue weighted by Gasteiger charge is 2.17. The van der Waals surface area contributed by atoms with Crippen molar-refractivity contribution in [3.8, 4) is 0 Å². The van der Waals surface area contributed by atoms with E-state index in [0.29, 0.717) is 11.2 Å². The van der Waals surface area contributed by atoms with Crippen LogP contribution in [0.3, 0.4) is 0 Å². The van der Waals surface area contributed by atoms with E-state index in [1.165, 1.54) is 6.07 Å². The Bertz CT molecular complexity index is 992. The van der Waals surface area contributed by atoms with Gasteiger partial charge in [0, 0.05) is 17.1 Å². The number of benzene rings is 2. The maximum atomic E-state index is 13.7. The topological polar surface area (TPSA) is 62.0 Å². The summed E-state index contributed by atoms with van der Waals surface area (Å²) in [5, 5.41) is 3.33. The van der Waals surface area contributed by atoms with Gasteiger partial charge < -0.3 is 10.3 Å². The van der Waals surface area contributed by atoms with Crippen LogP contribution in [-0.4, -0.2) is 10.9 Å². The van der Waals surface area contributed by atoms with Gasteiger partial charge in [0.2, 0.25) is 5.56 Å². The van der Waals surface area contributed by atoms with Gasteiger partial charge in [-0.15, -0.1) is 0 Å². The molecule has 25 heavy (non-hydrogen) atoms. The molecule has 128 valence electrons. The van der Waals surface area contributed by atoms with Crippen LogP contribution in [0.4, 0.5) is 14.5 Å². The fraction of sp³-hybridized carbons (Fsp3) is 0.158. The van der Waals surface area contributed by atoms with Crippen LogP contribution < -0.4 is 10.9 Å². The van der Waals surface area contributed by atoms with Crippen molar-refractivity contribution >= 4 is 22.5 Å². The van der Waals surface area contributed by atoms with Gasteiger partial charge in [0.1, 0.15) is 17.2 Å². The summed E-state index contributed by atoms with van der Waals surface area (Å²) in [6.07, 6.45) is 1.65. The number of hydrogen-bond acceptors (Lipinski definition) is 2. The molecule has 0 aliphatic rings. The zero-order chi connectivity index (χ0) is 18.0. The molecule has 1 aromatic heterocycles. The minimum Gasteiger partial charge on any atom is -0.322 e. The molecule has 2 aromatic carbocycles. The molecule has 0 unspecified atom stereocenters. The molecule has 3 aromatic rings. The number of amides is 1. The van der Waals surface area contributed by atoms with Gasteiger partial charge in [0.25, 0.3) is 5.91 Å². The fourth-order valence-corrected chi connectivity index (χ4v) is 2.79. The van der Waals surface area contributed by atoms with Crippen LogP contribution in [0.15, 0.2) is 47.3 Å². The molecule has 1 heterocycles. The van der Waals surface area contributed by atoms with Crippen LogP contribution in [-0.2, 0) is 6.42 Å². The Kier molecular flexibility index (Phi) is 4.61. The number of aryl methyl sites for hydroxylation is 1. The van der Waals surface area contributed by atoms with Crippen molar-refractivity contribution < 1.29 is 13.6 Å². The summed E-state index contributed by atoms with van der Waals surface area (Å²) in [6.45, 7) is 2.02. The van der Waals surface area contributed by atoms with Crippen LogP contribution >= 0.6 is 0 Å². The number of halogens is 2. The van der Waals surface area contributed by atoms with Gasteiger partial charge in [-0.1, -0.05) is 25.5 Å². The molecule has 0 saturated carbocycles. The summed E-state index contributed by atoms with van der Waals surface area (Å²) in [5.41, 5.74) is 0.932.